The molecule has 0 saturated heterocycles. The first-order valence-corrected chi connectivity index (χ1v) is 10.6. The van der Waals surface area contributed by atoms with Gasteiger partial charge in [0.15, 0.2) is 11.2 Å². The molecule has 0 spiro atoms. The second-order valence-corrected chi connectivity index (χ2v) is 8.06. The zero-order valence-electron chi connectivity index (χ0n) is 17.7. The zero-order chi connectivity index (χ0) is 25.0. The third-order valence-corrected chi connectivity index (χ3v) is 5.33. The van der Waals surface area contributed by atoms with E-state index in [9.17, 15) is 18.8 Å². The molecule has 3 aromatic rings. The minimum absolute atomic E-state index is 0.0130. The van der Waals surface area contributed by atoms with Crippen LogP contribution in [0.25, 0.3) is 11.3 Å². The van der Waals surface area contributed by atoms with Crippen molar-refractivity contribution >= 4 is 46.5 Å². The van der Waals surface area contributed by atoms with E-state index in [0.29, 0.717) is 5.69 Å². The first kappa shape index (κ1) is 24.8. The van der Waals surface area contributed by atoms with E-state index in [1.807, 2.05) is 0 Å². The lowest BCUT2D eigenvalue weighted by Crippen LogP contribution is -2.24. The van der Waals surface area contributed by atoms with Gasteiger partial charge in [0.2, 0.25) is 5.91 Å². The molecule has 0 fully saturated rings. The number of pyridine rings is 1. The molecule has 34 heavy (non-hydrogen) atoms. The lowest BCUT2D eigenvalue weighted by atomic mass is 9.99. The van der Waals surface area contributed by atoms with Gasteiger partial charge in [-0.05, 0) is 43.3 Å². The van der Waals surface area contributed by atoms with Crippen LogP contribution >= 0.6 is 23.2 Å². The fraction of sp³-hybridized carbons (Fsp3) is 0.0870. The lowest BCUT2D eigenvalue weighted by molar-refractivity contribution is -0.117. The smallest absolute Gasteiger partial charge is 0.335 e. The SMILES string of the molecule is CC(C(=O)Nc1ccc(C(=O)O)cc1)c1c[nH]c(-c2c(N/C=C(\N)Cl)ccc(Cl)c2F)cc1=O. The van der Waals surface area contributed by atoms with Crippen LogP contribution in [0.15, 0.2) is 64.8 Å². The molecule has 0 radical (unpaired) electrons. The molecule has 1 heterocycles. The number of benzene rings is 2. The Morgan fingerprint density at radius 2 is 1.88 bits per heavy atom. The average molecular weight is 505 g/mol. The second kappa shape index (κ2) is 10.4. The van der Waals surface area contributed by atoms with Crippen LogP contribution in [0, 0.1) is 5.82 Å². The number of rotatable bonds is 7. The van der Waals surface area contributed by atoms with Crippen molar-refractivity contribution in [3.05, 3.63) is 92.2 Å². The third kappa shape index (κ3) is 5.56. The van der Waals surface area contributed by atoms with Gasteiger partial charge in [0, 0.05) is 29.7 Å². The number of H-pyrrole nitrogens is 1. The summed E-state index contributed by atoms with van der Waals surface area (Å²) in [5.41, 5.74) is 5.85. The second-order valence-electron chi connectivity index (χ2n) is 7.22. The number of carbonyl (C=O) groups is 2. The van der Waals surface area contributed by atoms with Crippen LogP contribution in [0.4, 0.5) is 15.8 Å². The molecule has 11 heteroatoms. The van der Waals surface area contributed by atoms with Crippen molar-refractivity contribution < 1.29 is 19.1 Å². The summed E-state index contributed by atoms with van der Waals surface area (Å²) in [6.07, 6.45) is 2.57. The molecule has 0 aliphatic heterocycles. The molecular weight excluding hydrogens is 486 g/mol. The summed E-state index contributed by atoms with van der Waals surface area (Å²) in [7, 11) is 0. The lowest BCUT2D eigenvalue weighted by Gasteiger charge is -2.15. The number of anilines is 2. The van der Waals surface area contributed by atoms with Crippen LogP contribution in [0.5, 0.6) is 0 Å². The maximum atomic E-state index is 14.8. The summed E-state index contributed by atoms with van der Waals surface area (Å²) in [6, 6.07) is 9.58. The van der Waals surface area contributed by atoms with E-state index >= 15 is 0 Å². The van der Waals surface area contributed by atoms with Gasteiger partial charge in [0.05, 0.1) is 33.4 Å². The minimum atomic E-state index is -1.09. The zero-order valence-corrected chi connectivity index (χ0v) is 19.2. The number of carboxylic acid groups (broad SMARTS) is 1. The number of amides is 1. The minimum Gasteiger partial charge on any atom is -0.478 e. The Bertz CT molecular complexity index is 1340. The number of carbonyl (C=O) groups excluding carboxylic acids is 1. The largest absolute Gasteiger partial charge is 0.478 e. The fourth-order valence-corrected chi connectivity index (χ4v) is 3.35. The first-order valence-electron chi connectivity index (χ1n) is 9.81. The van der Waals surface area contributed by atoms with Crippen molar-refractivity contribution in [3.8, 4) is 11.3 Å². The van der Waals surface area contributed by atoms with Crippen LogP contribution < -0.4 is 21.8 Å². The summed E-state index contributed by atoms with van der Waals surface area (Å²) in [5, 5.41) is 14.1. The van der Waals surface area contributed by atoms with E-state index in [2.05, 4.69) is 15.6 Å². The maximum absolute atomic E-state index is 14.8. The van der Waals surface area contributed by atoms with Crippen molar-refractivity contribution in [3.63, 3.8) is 0 Å². The third-order valence-electron chi connectivity index (χ3n) is 4.93. The average Bonchev–Trinajstić information content (AvgIpc) is 2.79. The molecule has 1 atom stereocenters. The molecular formula is C23H19Cl2FN4O4. The van der Waals surface area contributed by atoms with Gasteiger partial charge in [0.25, 0.3) is 0 Å². The molecule has 0 aliphatic rings. The monoisotopic (exact) mass is 504 g/mol. The Hall–Kier alpha value is -3.82. The van der Waals surface area contributed by atoms with Gasteiger partial charge in [-0.2, -0.15) is 0 Å². The molecule has 0 aliphatic carbocycles. The van der Waals surface area contributed by atoms with Gasteiger partial charge in [-0.3, -0.25) is 9.59 Å². The topological polar surface area (TPSA) is 137 Å². The number of aromatic nitrogens is 1. The highest BCUT2D eigenvalue weighted by molar-refractivity contribution is 6.31. The van der Waals surface area contributed by atoms with Crippen LogP contribution in [0.2, 0.25) is 5.02 Å². The normalized spacial score (nSPS) is 12.2. The van der Waals surface area contributed by atoms with Crippen molar-refractivity contribution in [2.45, 2.75) is 12.8 Å². The van der Waals surface area contributed by atoms with Gasteiger partial charge in [-0.15, -0.1) is 0 Å². The highest BCUT2D eigenvalue weighted by Gasteiger charge is 2.21. The Balaban J connectivity index is 1.88. The number of hydrogen-bond acceptors (Lipinski definition) is 5. The molecule has 1 aromatic heterocycles. The summed E-state index contributed by atoms with van der Waals surface area (Å²) in [4.78, 5) is 39.2. The van der Waals surface area contributed by atoms with Crippen molar-refractivity contribution in [2.75, 3.05) is 10.6 Å². The summed E-state index contributed by atoms with van der Waals surface area (Å²) in [5.74, 6) is -3.21. The van der Waals surface area contributed by atoms with Crippen LogP contribution in [0.1, 0.15) is 28.8 Å². The van der Waals surface area contributed by atoms with Crippen LogP contribution in [-0.2, 0) is 4.79 Å². The van der Waals surface area contributed by atoms with Gasteiger partial charge < -0.3 is 26.5 Å². The summed E-state index contributed by atoms with van der Waals surface area (Å²) >= 11 is 11.5. The number of carboxylic acids is 1. The van der Waals surface area contributed by atoms with Crippen LogP contribution in [-0.4, -0.2) is 22.0 Å². The standard InChI is InChI=1S/C23H19Cl2FN4O4/c1-11(22(32)30-13-4-2-12(3-5-13)23(33)34)14-9-28-17(8-18(14)31)20-16(29-10-19(25)27)7-6-15(24)21(20)26/h2-11,29H,27H2,1H3,(H,28,31)(H,30,32)(H,33,34)/b19-10-. The molecule has 6 N–H and O–H groups in total. The number of nitrogens with two attached hydrogens (primary N) is 1. The van der Waals surface area contributed by atoms with Gasteiger partial charge >= 0.3 is 5.97 Å². The highest BCUT2D eigenvalue weighted by Crippen LogP contribution is 2.33. The number of halogens is 3. The molecule has 0 saturated carbocycles. The highest BCUT2D eigenvalue weighted by atomic mass is 35.5. The Morgan fingerprint density at radius 3 is 2.47 bits per heavy atom. The van der Waals surface area contributed by atoms with E-state index in [1.165, 1.54) is 55.7 Å². The predicted octanol–water partition coefficient (Wildman–Crippen LogP) is 4.68. The Morgan fingerprint density at radius 1 is 1.21 bits per heavy atom. The predicted molar refractivity (Wildman–Crippen MR) is 130 cm³/mol. The number of hydrogen-bond donors (Lipinski definition) is 5. The number of aromatic amines is 1. The van der Waals surface area contributed by atoms with Crippen molar-refractivity contribution in [2.24, 2.45) is 5.73 Å². The molecule has 8 nitrogen and oxygen atoms in total. The molecule has 1 amide bonds. The number of aromatic carboxylic acids is 1. The maximum Gasteiger partial charge on any atom is 0.335 e. The van der Waals surface area contributed by atoms with Gasteiger partial charge in [-0.25, -0.2) is 9.18 Å². The molecule has 3 rings (SSSR count). The summed E-state index contributed by atoms with van der Waals surface area (Å²) in [6.45, 7) is 1.53. The Kier molecular flexibility index (Phi) is 7.60. The van der Waals surface area contributed by atoms with E-state index < -0.39 is 29.0 Å². The van der Waals surface area contributed by atoms with E-state index in [0.717, 1.165) is 6.07 Å². The Labute approximate surface area is 203 Å². The fourth-order valence-electron chi connectivity index (χ4n) is 3.13. The molecule has 1 unspecified atom stereocenters. The van der Waals surface area contributed by atoms with E-state index in [-0.39, 0.29) is 38.3 Å². The quantitative estimate of drug-likeness (QED) is 0.296. The van der Waals surface area contributed by atoms with Crippen molar-refractivity contribution in [1.82, 2.24) is 4.98 Å². The molecule has 2 aromatic carbocycles. The van der Waals surface area contributed by atoms with Gasteiger partial charge in [0.1, 0.15) is 5.16 Å². The number of nitrogens with one attached hydrogen (secondary N) is 3. The molecule has 0 bridgehead atoms. The van der Waals surface area contributed by atoms with Crippen LogP contribution in [0.3, 0.4) is 0 Å². The molecule has 176 valence electrons. The van der Waals surface area contributed by atoms with Gasteiger partial charge in [-0.1, -0.05) is 23.2 Å². The van der Waals surface area contributed by atoms with E-state index in [4.69, 9.17) is 34.0 Å². The van der Waals surface area contributed by atoms with E-state index in [1.54, 1.807) is 0 Å². The summed E-state index contributed by atoms with van der Waals surface area (Å²) < 4.78 is 14.8. The first-order chi connectivity index (χ1) is 16.1. The van der Waals surface area contributed by atoms with Crippen molar-refractivity contribution in [1.29, 1.82) is 0 Å².